The smallest absolute Gasteiger partial charge is 0.246 e. The number of benzene rings is 1. The van der Waals surface area contributed by atoms with Gasteiger partial charge < -0.3 is 5.73 Å². The Bertz CT molecular complexity index is 627. The highest BCUT2D eigenvalue weighted by Gasteiger charge is 2.05. The molecule has 0 unspecified atom stereocenters. The van der Waals surface area contributed by atoms with E-state index in [9.17, 15) is 4.79 Å². The summed E-state index contributed by atoms with van der Waals surface area (Å²) < 4.78 is 0. The zero-order valence-corrected chi connectivity index (χ0v) is 11.5. The van der Waals surface area contributed by atoms with Crippen LogP contribution in [0.2, 0.25) is 0 Å². The van der Waals surface area contributed by atoms with E-state index in [4.69, 9.17) is 5.73 Å². The van der Waals surface area contributed by atoms with Crippen LogP contribution in [0.25, 0.3) is 0 Å². The number of nitrogen functional groups attached to an aromatic ring is 1. The van der Waals surface area contributed by atoms with Crippen molar-refractivity contribution in [1.29, 1.82) is 0 Å². The number of aromatic nitrogens is 2. The van der Waals surface area contributed by atoms with Crippen molar-refractivity contribution in [3.8, 4) is 0 Å². The van der Waals surface area contributed by atoms with E-state index in [0.29, 0.717) is 11.4 Å². The number of nitrogens with one attached hydrogen (secondary N) is 2. The molecule has 4 N–H and O–H groups in total. The molecule has 6 nitrogen and oxygen atoms in total. The number of aromatic amines is 1. The van der Waals surface area contributed by atoms with E-state index in [-0.39, 0.29) is 12.3 Å². The Hall–Kier alpha value is -2.63. The predicted octanol–water partition coefficient (Wildman–Crippen LogP) is 1.38. The average molecular weight is 271 g/mol. The first kappa shape index (κ1) is 13.8. The van der Waals surface area contributed by atoms with Gasteiger partial charge in [0.1, 0.15) is 0 Å². The van der Waals surface area contributed by atoms with Crippen molar-refractivity contribution in [2.45, 2.75) is 20.3 Å². The summed E-state index contributed by atoms with van der Waals surface area (Å²) in [6.45, 7) is 3.71. The lowest BCUT2D eigenvalue weighted by Gasteiger charge is -2.02. The van der Waals surface area contributed by atoms with Crippen molar-refractivity contribution >= 4 is 17.3 Å². The number of hydrogen-bond acceptors (Lipinski definition) is 4. The summed E-state index contributed by atoms with van der Waals surface area (Å²) in [6, 6.07) is 9.14. The number of anilines is 1. The van der Waals surface area contributed by atoms with Gasteiger partial charge in [-0.1, -0.05) is 12.1 Å². The van der Waals surface area contributed by atoms with Gasteiger partial charge in [-0.05, 0) is 37.6 Å². The summed E-state index contributed by atoms with van der Waals surface area (Å²) in [5.41, 5.74) is 12.1. The van der Waals surface area contributed by atoms with E-state index in [1.54, 1.807) is 12.1 Å². The van der Waals surface area contributed by atoms with Crippen LogP contribution in [0.4, 0.5) is 5.69 Å². The zero-order valence-electron chi connectivity index (χ0n) is 11.5. The van der Waals surface area contributed by atoms with Gasteiger partial charge >= 0.3 is 0 Å². The number of H-pyrrole nitrogens is 1. The number of carbonyl (C=O) groups is 1. The molecule has 104 valence electrons. The van der Waals surface area contributed by atoms with Gasteiger partial charge in [-0.2, -0.15) is 10.2 Å². The number of aryl methyl sites for hydroxylation is 1. The third-order valence-corrected chi connectivity index (χ3v) is 2.78. The molecule has 0 spiro atoms. The van der Waals surface area contributed by atoms with Gasteiger partial charge in [-0.15, -0.1) is 0 Å². The van der Waals surface area contributed by atoms with Gasteiger partial charge in [-0.25, -0.2) is 5.43 Å². The number of rotatable bonds is 4. The molecular formula is C14H17N5O. The highest BCUT2D eigenvalue weighted by atomic mass is 16.2. The fourth-order valence-corrected chi connectivity index (χ4v) is 1.70. The van der Waals surface area contributed by atoms with Crippen LogP contribution in [0.5, 0.6) is 0 Å². The van der Waals surface area contributed by atoms with Crippen molar-refractivity contribution < 1.29 is 4.79 Å². The van der Waals surface area contributed by atoms with E-state index in [0.717, 1.165) is 17.0 Å². The summed E-state index contributed by atoms with van der Waals surface area (Å²) in [7, 11) is 0. The highest BCUT2D eigenvalue weighted by molar-refractivity contribution is 5.99. The molecule has 0 saturated heterocycles. The van der Waals surface area contributed by atoms with E-state index < -0.39 is 0 Å². The standard InChI is InChI=1S/C14H17N5O/c1-9-7-13(18-16-9)8-14(20)19-17-10(2)11-3-5-12(15)6-4-11/h3-7H,8,15H2,1-2H3,(H,16,18)(H,19,20)/b17-10+. The van der Waals surface area contributed by atoms with E-state index in [1.165, 1.54) is 0 Å². The monoisotopic (exact) mass is 271 g/mol. The normalized spacial score (nSPS) is 11.4. The van der Waals surface area contributed by atoms with Crippen LogP contribution >= 0.6 is 0 Å². The first-order chi connectivity index (χ1) is 9.54. The molecule has 0 bridgehead atoms. The van der Waals surface area contributed by atoms with Crippen molar-refractivity contribution in [3.63, 3.8) is 0 Å². The minimum atomic E-state index is -0.203. The van der Waals surface area contributed by atoms with E-state index >= 15 is 0 Å². The highest BCUT2D eigenvalue weighted by Crippen LogP contribution is 2.06. The fraction of sp³-hybridized carbons (Fsp3) is 0.214. The summed E-state index contributed by atoms with van der Waals surface area (Å²) in [4.78, 5) is 11.7. The maximum Gasteiger partial charge on any atom is 0.246 e. The molecule has 0 aliphatic heterocycles. The fourth-order valence-electron chi connectivity index (χ4n) is 1.70. The van der Waals surface area contributed by atoms with Crippen LogP contribution in [0.3, 0.4) is 0 Å². The minimum Gasteiger partial charge on any atom is -0.399 e. The topological polar surface area (TPSA) is 96.2 Å². The Labute approximate surface area is 117 Å². The zero-order chi connectivity index (χ0) is 14.5. The number of carbonyl (C=O) groups excluding carboxylic acids is 1. The van der Waals surface area contributed by atoms with Gasteiger partial charge in [0.15, 0.2) is 0 Å². The number of amides is 1. The van der Waals surface area contributed by atoms with Crippen molar-refractivity contribution in [2.75, 3.05) is 5.73 Å². The quantitative estimate of drug-likeness (QED) is 0.445. The summed E-state index contributed by atoms with van der Waals surface area (Å²) >= 11 is 0. The predicted molar refractivity (Wildman–Crippen MR) is 78.2 cm³/mol. The molecule has 1 aromatic carbocycles. The molecule has 1 heterocycles. The minimum absolute atomic E-state index is 0.197. The second kappa shape index (κ2) is 6.01. The van der Waals surface area contributed by atoms with Crippen molar-refractivity contribution in [2.24, 2.45) is 5.10 Å². The molecule has 0 aliphatic rings. The molecule has 0 radical (unpaired) electrons. The first-order valence-electron chi connectivity index (χ1n) is 6.24. The third-order valence-electron chi connectivity index (χ3n) is 2.78. The number of nitrogens with two attached hydrogens (primary N) is 1. The molecule has 0 saturated carbocycles. The van der Waals surface area contributed by atoms with Gasteiger partial charge in [0.25, 0.3) is 0 Å². The Kier molecular flexibility index (Phi) is 4.14. The number of hydrazone groups is 1. The van der Waals surface area contributed by atoms with Gasteiger partial charge in [0, 0.05) is 11.4 Å². The lowest BCUT2D eigenvalue weighted by Crippen LogP contribution is -2.21. The molecular weight excluding hydrogens is 254 g/mol. The molecule has 0 fully saturated rings. The van der Waals surface area contributed by atoms with Gasteiger partial charge in [0.2, 0.25) is 5.91 Å². The lowest BCUT2D eigenvalue weighted by atomic mass is 10.1. The van der Waals surface area contributed by atoms with Crippen molar-refractivity contribution in [1.82, 2.24) is 15.6 Å². The molecule has 20 heavy (non-hydrogen) atoms. The maximum atomic E-state index is 11.7. The molecule has 0 aliphatic carbocycles. The molecule has 1 amide bonds. The molecule has 2 aromatic rings. The second-order valence-electron chi connectivity index (χ2n) is 4.57. The SMILES string of the molecule is C/C(=N\NC(=O)Cc1cc(C)[nH]n1)c1ccc(N)cc1. The third kappa shape index (κ3) is 3.68. The van der Waals surface area contributed by atoms with E-state index in [1.807, 2.05) is 32.0 Å². The Morgan fingerprint density at radius 1 is 1.40 bits per heavy atom. The number of hydrogen-bond donors (Lipinski definition) is 3. The first-order valence-corrected chi connectivity index (χ1v) is 6.24. The Morgan fingerprint density at radius 3 is 2.70 bits per heavy atom. The average Bonchev–Trinajstić information content (AvgIpc) is 2.82. The van der Waals surface area contributed by atoms with Gasteiger partial charge in [-0.3, -0.25) is 9.89 Å². The van der Waals surface area contributed by atoms with E-state index in [2.05, 4.69) is 20.7 Å². The van der Waals surface area contributed by atoms with Crippen LogP contribution in [0.1, 0.15) is 23.9 Å². The van der Waals surface area contributed by atoms with Crippen LogP contribution < -0.4 is 11.2 Å². The van der Waals surface area contributed by atoms with Crippen molar-refractivity contribution in [3.05, 3.63) is 47.3 Å². The summed E-state index contributed by atoms with van der Waals surface area (Å²) in [5.74, 6) is -0.203. The van der Waals surface area contributed by atoms with Crippen LogP contribution in [-0.2, 0) is 11.2 Å². The molecule has 1 aromatic heterocycles. The second-order valence-corrected chi connectivity index (χ2v) is 4.57. The molecule has 0 atom stereocenters. The number of nitrogens with zero attached hydrogens (tertiary/aromatic N) is 2. The van der Waals surface area contributed by atoms with Crippen LogP contribution in [0.15, 0.2) is 35.4 Å². The molecule has 6 heteroatoms. The summed E-state index contributed by atoms with van der Waals surface area (Å²) in [5, 5.41) is 10.9. The van der Waals surface area contributed by atoms with Gasteiger partial charge in [0.05, 0.1) is 17.8 Å². The lowest BCUT2D eigenvalue weighted by molar-refractivity contribution is -0.120. The Balaban J connectivity index is 1.94. The van der Waals surface area contributed by atoms with Crippen LogP contribution in [0, 0.1) is 6.92 Å². The summed E-state index contributed by atoms with van der Waals surface area (Å²) in [6.07, 6.45) is 0.197. The molecule has 2 rings (SSSR count). The Morgan fingerprint density at radius 2 is 2.10 bits per heavy atom. The van der Waals surface area contributed by atoms with Crippen LogP contribution in [-0.4, -0.2) is 21.8 Å². The maximum absolute atomic E-state index is 11.7. The largest absolute Gasteiger partial charge is 0.399 e.